The van der Waals surface area contributed by atoms with Gasteiger partial charge in [0.25, 0.3) is 0 Å². The molecule has 1 saturated carbocycles. The highest BCUT2D eigenvalue weighted by Gasteiger charge is 2.39. The van der Waals surface area contributed by atoms with Gasteiger partial charge in [-0.15, -0.1) is 23.2 Å². The van der Waals surface area contributed by atoms with Crippen LogP contribution < -0.4 is 0 Å². The summed E-state index contributed by atoms with van der Waals surface area (Å²) in [6.07, 6.45) is 7.16. The summed E-state index contributed by atoms with van der Waals surface area (Å²) >= 11 is 12.8. The standard InChI is InChI=1S/C16H26Cl2N2/c1-3-14-9-15(20(4-2)19-14)10-16(11-17,12-18)13-7-5-6-8-13/h9,13H,3-8,10-12H2,1-2H3. The van der Waals surface area contributed by atoms with E-state index in [0.717, 1.165) is 19.4 Å². The summed E-state index contributed by atoms with van der Waals surface area (Å²) in [5, 5.41) is 4.66. The van der Waals surface area contributed by atoms with Crippen LogP contribution in [0.5, 0.6) is 0 Å². The van der Waals surface area contributed by atoms with Crippen LogP contribution in [0, 0.1) is 11.3 Å². The molecule has 0 atom stereocenters. The van der Waals surface area contributed by atoms with E-state index < -0.39 is 0 Å². The second kappa shape index (κ2) is 7.17. The minimum absolute atomic E-state index is 0.0393. The summed E-state index contributed by atoms with van der Waals surface area (Å²) in [6.45, 7) is 5.22. The molecule has 0 amide bonds. The highest BCUT2D eigenvalue weighted by atomic mass is 35.5. The molecule has 4 heteroatoms. The van der Waals surface area contributed by atoms with Crippen molar-refractivity contribution >= 4 is 23.2 Å². The lowest BCUT2D eigenvalue weighted by atomic mass is 9.74. The monoisotopic (exact) mass is 316 g/mol. The van der Waals surface area contributed by atoms with E-state index in [1.165, 1.54) is 37.1 Å². The molecule has 0 aromatic carbocycles. The lowest BCUT2D eigenvalue weighted by Crippen LogP contribution is -2.36. The second-order valence-electron chi connectivity index (χ2n) is 6.08. The lowest BCUT2D eigenvalue weighted by Gasteiger charge is -2.36. The first-order valence-corrected chi connectivity index (χ1v) is 8.93. The Balaban J connectivity index is 2.25. The van der Waals surface area contributed by atoms with Gasteiger partial charge in [-0.2, -0.15) is 5.10 Å². The largest absolute Gasteiger partial charge is 0.270 e. The zero-order valence-corrected chi connectivity index (χ0v) is 14.2. The van der Waals surface area contributed by atoms with Gasteiger partial charge in [-0.05, 0) is 44.6 Å². The first-order valence-electron chi connectivity index (χ1n) is 7.86. The number of rotatable bonds is 7. The van der Waals surface area contributed by atoms with Crippen molar-refractivity contribution in [3.63, 3.8) is 0 Å². The van der Waals surface area contributed by atoms with E-state index in [0.29, 0.717) is 17.7 Å². The van der Waals surface area contributed by atoms with E-state index in [4.69, 9.17) is 23.2 Å². The smallest absolute Gasteiger partial charge is 0.0624 e. The van der Waals surface area contributed by atoms with Gasteiger partial charge in [0.2, 0.25) is 0 Å². The van der Waals surface area contributed by atoms with E-state index in [2.05, 4.69) is 29.7 Å². The van der Waals surface area contributed by atoms with Crippen molar-refractivity contribution in [2.24, 2.45) is 11.3 Å². The van der Waals surface area contributed by atoms with Gasteiger partial charge in [0.05, 0.1) is 5.69 Å². The Morgan fingerprint density at radius 2 is 1.90 bits per heavy atom. The summed E-state index contributed by atoms with van der Waals surface area (Å²) < 4.78 is 2.13. The maximum absolute atomic E-state index is 6.38. The molecule has 1 aliphatic rings. The SMILES string of the molecule is CCc1cc(CC(CCl)(CCl)C2CCCC2)n(CC)n1. The number of aryl methyl sites for hydroxylation is 2. The van der Waals surface area contributed by atoms with E-state index in [9.17, 15) is 0 Å². The number of alkyl halides is 2. The highest BCUT2D eigenvalue weighted by molar-refractivity contribution is 6.21. The van der Waals surface area contributed by atoms with Gasteiger partial charge in [0.1, 0.15) is 0 Å². The van der Waals surface area contributed by atoms with Gasteiger partial charge in [0, 0.05) is 29.4 Å². The molecule has 0 N–H and O–H groups in total. The molecule has 1 aromatic heterocycles. The van der Waals surface area contributed by atoms with Crippen LogP contribution in [0.2, 0.25) is 0 Å². The number of halogens is 2. The van der Waals surface area contributed by atoms with Crippen molar-refractivity contribution in [3.8, 4) is 0 Å². The Morgan fingerprint density at radius 3 is 2.40 bits per heavy atom. The van der Waals surface area contributed by atoms with Crippen molar-refractivity contribution in [2.75, 3.05) is 11.8 Å². The molecule has 1 aliphatic carbocycles. The summed E-state index contributed by atoms with van der Waals surface area (Å²) in [5.41, 5.74) is 2.52. The van der Waals surface area contributed by atoms with Crippen LogP contribution in [-0.2, 0) is 19.4 Å². The van der Waals surface area contributed by atoms with Crippen LogP contribution in [0.1, 0.15) is 50.9 Å². The highest BCUT2D eigenvalue weighted by Crippen LogP contribution is 2.44. The molecule has 114 valence electrons. The van der Waals surface area contributed by atoms with E-state index in [1.807, 2.05) is 0 Å². The molecule has 0 bridgehead atoms. The fourth-order valence-corrected chi connectivity index (χ4v) is 4.41. The topological polar surface area (TPSA) is 17.8 Å². The molecule has 0 spiro atoms. The Kier molecular flexibility index (Phi) is 5.80. The minimum atomic E-state index is 0.0393. The van der Waals surface area contributed by atoms with Crippen LogP contribution in [0.25, 0.3) is 0 Å². The third-order valence-electron chi connectivity index (χ3n) is 4.86. The van der Waals surface area contributed by atoms with Gasteiger partial charge >= 0.3 is 0 Å². The average Bonchev–Trinajstić information content (AvgIpc) is 3.14. The maximum atomic E-state index is 6.38. The predicted octanol–water partition coefficient (Wildman–Crippen LogP) is 4.66. The Bertz CT molecular complexity index is 418. The summed E-state index contributed by atoms with van der Waals surface area (Å²) in [7, 11) is 0. The molecule has 0 unspecified atom stereocenters. The van der Waals surface area contributed by atoms with Crippen LogP contribution >= 0.6 is 23.2 Å². The molecule has 20 heavy (non-hydrogen) atoms. The first kappa shape index (κ1) is 16.2. The Labute approximate surface area is 132 Å². The number of hydrogen-bond donors (Lipinski definition) is 0. The van der Waals surface area contributed by atoms with Gasteiger partial charge in [0.15, 0.2) is 0 Å². The minimum Gasteiger partial charge on any atom is -0.270 e. The van der Waals surface area contributed by atoms with Crippen LogP contribution in [0.15, 0.2) is 6.07 Å². The zero-order chi connectivity index (χ0) is 14.6. The maximum Gasteiger partial charge on any atom is 0.0624 e. The molecule has 0 aliphatic heterocycles. The van der Waals surface area contributed by atoms with Crippen molar-refractivity contribution in [1.29, 1.82) is 0 Å². The molecule has 0 radical (unpaired) electrons. The van der Waals surface area contributed by atoms with Crippen LogP contribution in [0.4, 0.5) is 0 Å². The third-order valence-corrected chi connectivity index (χ3v) is 5.93. The summed E-state index contributed by atoms with van der Waals surface area (Å²) in [5.74, 6) is 1.97. The molecule has 0 saturated heterocycles. The van der Waals surface area contributed by atoms with E-state index >= 15 is 0 Å². The number of hydrogen-bond acceptors (Lipinski definition) is 1. The third kappa shape index (κ3) is 3.17. The fraction of sp³-hybridized carbons (Fsp3) is 0.812. The van der Waals surface area contributed by atoms with Crippen molar-refractivity contribution in [3.05, 3.63) is 17.5 Å². The molecule has 2 nitrogen and oxygen atoms in total. The second-order valence-corrected chi connectivity index (χ2v) is 6.62. The van der Waals surface area contributed by atoms with Crippen LogP contribution in [-0.4, -0.2) is 21.5 Å². The first-order chi connectivity index (χ1) is 9.69. The molecule has 1 fully saturated rings. The van der Waals surface area contributed by atoms with Gasteiger partial charge in [-0.1, -0.05) is 19.8 Å². The molecule has 2 rings (SSSR count). The van der Waals surface area contributed by atoms with Crippen molar-refractivity contribution in [1.82, 2.24) is 9.78 Å². The summed E-state index contributed by atoms with van der Waals surface area (Å²) in [4.78, 5) is 0. The van der Waals surface area contributed by atoms with E-state index in [1.54, 1.807) is 0 Å². The van der Waals surface area contributed by atoms with Crippen molar-refractivity contribution < 1.29 is 0 Å². The lowest BCUT2D eigenvalue weighted by molar-refractivity contribution is 0.220. The quantitative estimate of drug-likeness (QED) is 0.669. The summed E-state index contributed by atoms with van der Waals surface area (Å²) in [6, 6.07) is 2.24. The zero-order valence-electron chi connectivity index (χ0n) is 12.7. The average molecular weight is 317 g/mol. The number of nitrogens with zero attached hydrogens (tertiary/aromatic N) is 2. The van der Waals surface area contributed by atoms with Crippen molar-refractivity contribution in [2.45, 2.75) is 58.9 Å². The Morgan fingerprint density at radius 1 is 1.25 bits per heavy atom. The molecule has 1 heterocycles. The van der Waals surface area contributed by atoms with Gasteiger partial charge < -0.3 is 0 Å². The molecule has 1 aromatic rings. The fourth-order valence-electron chi connectivity index (χ4n) is 3.50. The van der Waals surface area contributed by atoms with Gasteiger partial charge in [-0.25, -0.2) is 0 Å². The van der Waals surface area contributed by atoms with Crippen LogP contribution in [0.3, 0.4) is 0 Å². The molecular formula is C16H26Cl2N2. The normalized spacial score (nSPS) is 17.0. The Hall–Kier alpha value is -0.210. The van der Waals surface area contributed by atoms with Gasteiger partial charge in [-0.3, -0.25) is 4.68 Å². The predicted molar refractivity (Wildman–Crippen MR) is 86.8 cm³/mol. The van der Waals surface area contributed by atoms with E-state index in [-0.39, 0.29) is 5.41 Å². The number of aromatic nitrogens is 2. The molecular weight excluding hydrogens is 291 g/mol.